The predicted molar refractivity (Wildman–Crippen MR) is 136 cm³/mol. The molecule has 0 amide bonds. The Bertz CT molecular complexity index is 1310. The van der Waals surface area contributed by atoms with Gasteiger partial charge in [0.25, 0.3) is 0 Å². The molecule has 4 aromatic rings. The van der Waals surface area contributed by atoms with Crippen LogP contribution in [0.5, 0.6) is 0 Å². The molecule has 0 aliphatic carbocycles. The van der Waals surface area contributed by atoms with Crippen LogP contribution in [0, 0.1) is 11.3 Å². The molecule has 0 saturated carbocycles. The average Bonchev–Trinajstić information content (AvgIpc) is 3.30. The number of benzene rings is 3. The molecule has 1 fully saturated rings. The van der Waals surface area contributed by atoms with Crippen molar-refractivity contribution in [3.05, 3.63) is 84.6 Å². The van der Waals surface area contributed by atoms with Crippen LogP contribution >= 0.6 is 0 Å². The highest BCUT2D eigenvalue weighted by molar-refractivity contribution is 5.95. The van der Waals surface area contributed by atoms with E-state index in [-0.39, 0.29) is 0 Å². The number of anilines is 3. The maximum Gasteiger partial charge on any atom is 0.0991 e. The van der Waals surface area contributed by atoms with Gasteiger partial charge in [-0.05, 0) is 85.7 Å². The van der Waals surface area contributed by atoms with E-state index in [4.69, 9.17) is 5.26 Å². The number of rotatable bonds is 5. The highest BCUT2D eigenvalue weighted by Crippen LogP contribution is 2.31. The number of likely N-dealkylation sites (tertiary alicyclic amines) is 1. The summed E-state index contributed by atoms with van der Waals surface area (Å²) in [6, 6.07) is 27.4. The molecule has 1 atom stereocenters. The fourth-order valence-corrected chi connectivity index (χ4v) is 4.55. The van der Waals surface area contributed by atoms with Gasteiger partial charge in [0.15, 0.2) is 0 Å². The van der Waals surface area contributed by atoms with E-state index in [1.54, 1.807) is 0 Å². The molecular formula is C28H27N5. The van der Waals surface area contributed by atoms with Crippen molar-refractivity contribution >= 4 is 28.0 Å². The van der Waals surface area contributed by atoms with E-state index in [1.165, 1.54) is 12.1 Å². The first-order valence-electron chi connectivity index (χ1n) is 11.3. The minimum atomic E-state index is 0.568. The van der Waals surface area contributed by atoms with Crippen molar-refractivity contribution in [2.75, 3.05) is 37.4 Å². The summed E-state index contributed by atoms with van der Waals surface area (Å²) in [5, 5.41) is 13.7. The van der Waals surface area contributed by atoms with Crippen LogP contribution in [0.3, 0.4) is 0 Å². The minimum Gasteiger partial charge on any atom is -0.370 e. The number of nitrogens with one attached hydrogen (secondary N) is 1. The van der Waals surface area contributed by atoms with Crippen LogP contribution in [0.15, 0.2) is 79.0 Å². The summed E-state index contributed by atoms with van der Waals surface area (Å²) in [6.45, 7) is 2.27. The van der Waals surface area contributed by atoms with Crippen LogP contribution in [0.4, 0.5) is 17.1 Å². The summed E-state index contributed by atoms with van der Waals surface area (Å²) in [7, 11) is 4.37. The second-order valence-electron chi connectivity index (χ2n) is 8.77. The Morgan fingerprint density at radius 3 is 2.45 bits per heavy atom. The van der Waals surface area contributed by atoms with Crippen molar-refractivity contribution < 1.29 is 0 Å². The number of nitriles is 1. The van der Waals surface area contributed by atoms with Crippen LogP contribution in [0.1, 0.15) is 12.0 Å². The highest BCUT2D eigenvalue weighted by atomic mass is 15.2. The molecule has 5 rings (SSSR count). The number of pyridine rings is 1. The van der Waals surface area contributed by atoms with E-state index < -0.39 is 0 Å². The summed E-state index contributed by atoms with van der Waals surface area (Å²) in [6.07, 6.45) is 3.04. The van der Waals surface area contributed by atoms with Crippen LogP contribution in [-0.4, -0.2) is 43.1 Å². The first-order valence-corrected chi connectivity index (χ1v) is 11.3. The van der Waals surface area contributed by atoms with Gasteiger partial charge in [-0.2, -0.15) is 5.26 Å². The Labute approximate surface area is 194 Å². The molecule has 2 heterocycles. The van der Waals surface area contributed by atoms with Gasteiger partial charge in [0.2, 0.25) is 0 Å². The van der Waals surface area contributed by atoms with Crippen LogP contribution < -0.4 is 10.2 Å². The van der Waals surface area contributed by atoms with Crippen molar-refractivity contribution in [2.24, 2.45) is 0 Å². The molecule has 1 aromatic heterocycles. The standard InChI is InChI=1S/C28H27N5/c1-32-16-14-25(19-32)33(2)24-10-8-23(9-11-24)31-28-13-15-30-27-12-7-22(17-26(27)28)21-5-3-20(18-29)4-6-21/h3-13,15,17,25H,14,16,19H2,1-2H3,(H,30,31). The Balaban J connectivity index is 1.39. The molecule has 5 heteroatoms. The highest BCUT2D eigenvalue weighted by Gasteiger charge is 2.23. The Hall–Kier alpha value is -3.88. The number of aromatic nitrogens is 1. The lowest BCUT2D eigenvalue weighted by Crippen LogP contribution is -2.33. The van der Waals surface area contributed by atoms with Crippen LogP contribution in [-0.2, 0) is 0 Å². The second-order valence-corrected chi connectivity index (χ2v) is 8.77. The van der Waals surface area contributed by atoms with Gasteiger partial charge >= 0.3 is 0 Å². The third-order valence-corrected chi connectivity index (χ3v) is 6.56. The third kappa shape index (κ3) is 4.39. The molecule has 164 valence electrons. The molecule has 1 unspecified atom stereocenters. The van der Waals surface area contributed by atoms with Crippen molar-refractivity contribution in [1.29, 1.82) is 5.26 Å². The maximum atomic E-state index is 9.06. The number of likely N-dealkylation sites (N-methyl/N-ethyl adjacent to an activating group) is 2. The van der Waals surface area contributed by atoms with Gasteiger partial charge < -0.3 is 15.1 Å². The SMILES string of the molecule is CN1CCC(N(C)c2ccc(Nc3ccnc4ccc(-c5ccc(C#N)cc5)cc34)cc2)C1. The summed E-state index contributed by atoms with van der Waals surface area (Å²) in [5.74, 6) is 0. The largest absolute Gasteiger partial charge is 0.370 e. The third-order valence-electron chi connectivity index (χ3n) is 6.56. The predicted octanol–water partition coefficient (Wildman–Crippen LogP) is 5.66. The summed E-state index contributed by atoms with van der Waals surface area (Å²) >= 11 is 0. The molecule has 3 aromatic carbocycles. The zero-order valence-electron chi connectivity index (χ0n) is 19.0. The molecule has 0 spiro atoms. The fourth-order valence-electron chi connectivity index (χ4n) is 4.55. The van der Waals surface area contributed by atoms with Crippen LogP contribution in [0.25, 0.3) is 22.0 Å². The van der Waals surface area contributed by atoms with E-state index in [0.717, 1.165) is 46.5 Å². The first kappa shape index (κ1) is 21.0. The molecule has 1 saturated heterocycles. The molecule has 1 aliphatic heterocycles. The normalized spacial score (nSPS) is 16.0. The monoisotopic (exact) mass is 433 g/mol. The molecule has 33 heavy (non-hydrogen) atoms. The number of hydrogen-bond donors (Lipinski definition) is 1. The van der Waals surface area contributed by atoms with Gasteiger partial charge in [-0.25, -0.2) is 0 Å². The Morgan fingerprint density at radius 1 is 1.00 bits per heavy atom. The quantitative estimate of drug-likeness (QED) is 0.440. The van der Waals surface area contributed by atoms with Crippen molar-refractivity contribution in [2.45, 2.75) is 12.5 Å². The number of nitrogens with zero attached hydrogens (tertiary/aromatic N) is 4. The second kappa shape index (κ2) is 8.93. The van der Waals surface area contributed by atoms with E-state index in [1.807, 2.05) is 42.6 Å². The first-order chi connectivity index (χ1) is 16.1. The van der Waals surface area contributed by atoms with Crippen molar-refractivity contribution in [1.82, 2.24) is 9.88 Å². The zero-order chi connectivity index (χ0) is 22.8. The van der Waals surface area contributed by atoms with Gasteiger partial charge in [-0.3, -0.25) is 4.98 Å². The van der Waals surface area contributed by atoms with Gasteiger partial charge in [0, 0.05) is 48.3 Å². The zero-order valence-corrected chi connectivity index (χ0v) is 19.0. The number of hydrogen-bond acceptors (Lipinski definition) is 5. The van der Waals surface area contributed by atoms with E-state index in [0.29, 0.717) is 11.6 Å². The fraction of sp³-hybridized carbons (Fsp3) is 0.214. The molecular weight excluding hydrogens is 406 g/mol. The van der Waals surface area contributed by atoms with Gasteiger partial charge in [0.1, 0.15) is 0 Å². The molecule has 1 N–H and O–H groups in total. The van der Waals surface area contributed by atoms with Gasteiger partial charge in [-0.15, -0.1) is 0 Å². The minimum absolute atomic E-state index is 0.568. The number of fused-ring (bicyclic) bond motifs is 1. The lowest BCUT2D eigenvalue weighted by atomic mass is 10.0. The Kier molecular flexibility index (Phi) is 5.68. The van der Waals surface area contributed by atoms with Gasteiger partial charge in [-0.1, -0.05) is 18.2 Å². The molecule has 0 radical (unpaired) electrons. The smallest absolute Gasteiger partial charge is 0.0991 e. The average molecular weight is 434 g/mol. The van der Waals surface area contributed by atoms with Crippen molar-refractivity contribution in [3.63, 3.8) is 0 Å². The summed E-state index contributed by atoms with van der Waals surface area (Å²) in [4.78, 5) is 9.31. The molecule has 1 aliphatic rings. The van der Waals surface area contributed by atoms with Crippen LogP contribution in [0.2, 0.25) is 0 Å². The summed E-state index contributed by atoms with van der Waals surface area (Å²) < 4.78 is 0. The Morgan fingerprint density at radius 2 is 1.76 bits per heavy atom. The lowest BCUT2D eigenvalue weighted by Gasteiger charge is -2.26. The maximum absolute atomic E-state index is 9.06. The summed E-state index contributed by atoms with van der Waals surface area (Å²) in [5.41, 5.74) is 7.10. The topological polar surface area (TPSA) is 55.2 Å². The van der Waals surface area contributed by atoms with E-state index in [9.17, 15) is 0 Å². The van der Waals surface area contributed by atoms with E-state index in [2.05, 4.69) is 76.7 Å². The van der Waals surface area contributed by atoms with E-state index >= 15 is 0 Å². The lowest BCUT2D eigenvalue weighted by molar-refractivity contribution is 0.409. The van der Waals surface area contributed by atoms with Crippen molar-refractivity contribution in [3.8, 4) is 17.2 Å². The van der Waals surface area contributed by atoms with Gasteiger partial charge in [0.05, 0.1) is 17.1 Å². The molecule has 5 nitrogen and oxygen atoms in total. The molecule has 0 bridgehead atoms.